The number of sulfonamides is 1. The molecule has 0 aliphatic carbocycles. The number of carbonyl (C=O) groups is 1. The Bertz CT molecular complexity index is 602. The van der Waals surface area contributed by atoms with Crippen LogP contribution in [-0.2, 0) is 21.4 Å². The Morgan fingerprint density at radius 2 is 2.30 bits per heavy atom. The fourth-order valence-corrected chi connectivity index (χ4v) is 3.21. The van der Waals surface area contributed by atoms with Gasteiger partial charge in [0.05, 0.1) is 12.9 Å². The van der Waals surface area contributed by atoms with Crippen molar-refractivity contribution in [1.82, 2.24) is 9.88 Å². The molecule has 110 valence electrons. The van der Waals surface area contributed by atoms with Gasteiger partial charge in [-0.1, -0.05) is 0 Å². The van der Waals surface area contributed by atoms with Crippen LogP contribution < -0.4 is 9.88 Å². The van der Waals surface area contributed by atoms with Crippen molar-refractivity contribution in [2.75, 3.05) is 19.4 Å². The normalized spacial score (nSPS) is 19.4. The molecule has 1 fully saturated rings. The summed E-state index contributed by atoms with van der Waals surface area (Å²) < 4.78 is 27.2. The molecular formula is C12H17N3O4S. The van der Waals surface area contributed by atoms with Crippen LogP contribution in [0.3, 0.4) is 0 Å². The summed E-state index contributed by atoms with van der Waals surface area (Å²) in [5.41, 5.74) is 0.890. The molecule has 1 aliphatic heterocycles. The molecule has 1 amide bonds. The highest BCUT2D eigenvalue weighted by atomic mass is 32.2. The van der Waals surface area contributed by atoms with Gasteiger partial charge in [0.2, 0.25) is 21.8 Å². The first-order valence-electron chi connectivity index (χ1n) is 6.14. The van der Waals surface area contributed by atoms with Gasteiger partial charge in [0.1, 0.15) is 0 Å². The van der Waals surface area contributed by atoms with Gasteiger partial charge in [-0.25, -0.2) is 18.5 Å². The van der Waals surface area contributed by atoms with Crippen LogP contribution in [0.2, 0.25) is 0 Å². The molecule has 0 radical (unpaired) electrons. The maximum Gasteiger partial charge on any atom is 0.223 e. The summed E-state index contributed by atoms with van der Waals surface area (Å²) >= 11 is 0. The van der Waals surface area contributed by atoms with Gasteiger partial charge in [-0.2, -0.15) is 0 Å². The van der Waals surface area contributed by atoms with E-state index in [9.17, 15) is 13.2 Å². The molecule has 1 aliphatic rings. The number of likely N-dealkylation sites (tertiary alicyclic amines) is 1. The number of nitrogens with two attached hydrogens (primary N) is 1. The minimum atomic E-state index is -3.55. The number of pyridine rings is 1. The standard InChI is InChI=1S/C12H17N3O4S/c1-19-11-4-9(2-3-14-11)6-15-7-10(5-12(15)16)8-20(13,17)18/h2-4,10H,5-8H2,1H3,(H2,13,17,18). The van der Waals surface area contributed by atoms with E-state index >= 15 is 0 Å². The van der Waals surface area contributed by atoms with E-state index in [0.717, 1.165) is 5.56 Å². The summed E-state index contributed by atoms with van der Waals surface area (Å²) in [7, 11) is -2.02. The Kier molecular flexibility index (Phi) is 4.24. The lowest BCUT2D eigenvalue weighted by Gasteiger charge is -2.16. The third-order valence-corrected chi connectivity index (χ3v) is 4.08. The lowest BCUT2D eigenvalue weighted by Crippen LogP contribution is -2.27. The minimum Gasteiger partial charge on any atom is -0.481 e. The predicted octanol–water partition coefficient (Wildman–Crippen LogP) is -0.273. The van der Waals surface area contributed by atoms with E-state index in [4.69, 9.17) is 9.88 Å². The van der Waals surface area contributed by atoms with Gasteiger partial charge < -0.3 is 9.64 Å². The summed E-state index contributed by atoms with van der Waals surface area (Å²) in [6.45, 7) is 0.818. The first-order valence-corrected chi connectivity index (χ1v) is 7.86. The second kappa shape index (κ2) is 5.76. The largest absolute Gasteiger partial charge is 0.481 e. The van der Waals surface area contributed by atoms with E-state index < -0.39 is 10.0 Å². The molecule has 0 spiro atoms. The highest BCUT2D eigenvalue weighted by Crippen LogP contribution is 2.21. The van der Waals surface area contributed by atoms with Crippen LogP contribution in [0.15, 0.2) is 18.3 Å². The van der Waals surface area contributed by atoms with Crippen LogP contribution in [0, 0.1) is 5.92 Å². The Morgan fingerprint density at radius 1 is 1.55 bits per heavy atom. The summed E-state index contributed by atoms with van der Waals surface area (Å²) in [5, 5.41) is 5.01. The van der Waals surface area contributed by atoms with Gasteiger partial charge in [-0.05, 0) is 11.6 Å². The Hall–Kier alpha value is -1.67. The number of methoxy groups -OCH3 is 1. The number of amides is 1. The summed E-state index contributed by atoms with van der Waals surface area (Å²) in [5.74, 6) is 0.0282. The van der Waals surface area contributed by atoms with Crippen molar-refractivity contribution < 1.29 is 17.9 Å². The van der Waals surface area contributed by atoms with Crippen molar-refractivity contribution in [3.63, 3.8) is 0 Å². The number of nitrogens with zero attached hydrogens (tertiary/aromatic N) is 2. The number of rotatable bonds is 5. The smallest absolute Gasteiger partial charge is 0.223 e. The van der Waals surface area contributed by atoms with E-state index in [1.54, 1.807) is 23.2 Å². The molecule has 8 heteroatoms. The molecule has 7 nitrogen and oxygen atoms in total. The average molecular weight is 299 g/mol. The predicted molar refractivity (Wildman–Crippen MR) is 72.3 cm³/mol. The van der Waals surface area contributed by atoms with Gasteiger partial charge in [-0.3, -0.25) is 4.79 Å². The molecule has 20 heavy (non-hydrogen) atoms. The molecule has 0 saturated carbocycles. The number of hydrogen-bond acceptors (Lipinski definition) is 5. The number of hydrogen-bond donors (Lipinski definition) is 1. The molecule has 0 bridgehead atoms. The Balaban J connectivity index is 2.01. The highest BCUT2D eigenvalue weighted by Gasteiger charge is 2.31. The topological polar surface area (TPSA) is 103 Å². The number of aromatic nitrogens is 1. The van der Waals surface area contributed by atoms with Crippen LogP contribution in [-0.4, -0.2) is 43.6 Å². The highest BCUT2D eigenvalue weighted by molar-refractivity contribution is 7.89. The van der Waals surface area contributed by atoms with Gasteiger partial charge in [0, 0.05) is 37.7 Å². The van der Waals surface area contributed by atoms with Crippen LogP contribution in [0.5, 0.6) is 5.88 Å². The van der Waals surface area contributed by atoms with Gasteiger partial charge in [-0.15, -0.1) is 0 Å². The van der Waals surface area contributed by atoms with E-state index in [1.165, 1.54) is 7.11 Å². The molecule has 2 rings (SSSR count). The number of ether oxygens (including phenoxy) is 1. The average Bonchev–Trinajstić information content (AvgIpc) is 2.67. The third-order valence-electron chi connectivity index (χ3n) is 3.14. The number of primary sulfonamides is 1. The lowest BCUT2D eigenvalue weighted by atomic mass is 10.1. The zero-order chi connectivity index (χ0) is 14.8. The minimum absolute atomic E-state index is 0.0607. The van der Waals surface area contributed by atoms with E-state index in [1.807, 2.05) is 0 Å². The molecule has 1 aromatic rings. The summed E-state index contributed by atoms with van der Waals surface area (Å²) in [6, 6.07) is 3.54. The van der Waals surface area contributed by atoms with Gasteiger partial charge >= 0.3 is 0 Å². The van der Waals surface area contributed by atoms with Crippen LogP contribution in [0.25, 0.3) is 0 Å². The molecule has 1 unspecified atom stereocenters. The maximum atomic E-state index is 11.9. The summed E-state index contributed by atoms with van der Waals surface area (Å²) in [4.78, 5) is 17.5. The van der Waals surface area contributed by atoms with Crippen molar-refractivity contribution in [3.05, 3.63) is 23.9 Å². The SMILES string of the molecule is COc1cc(CN2CC(CS(N)(=O)=O)CC2=O)ccn1. The molecule has 2 N–H and O–H groups in total. The fourth-order valence-electron chi connectivity index (χ4n) is 2.33. The molecule has 0 aromatic carbocycles. The van der Waals surface area contributed by atoms with Crippen LogP contribution in [0.1, 0.15) is 12.0 Å². The Morgan fingerprint density at radius 3 is 2.95 bits per heavy atom. The quantitative estimate of drug-likeness (QED) is 0.806. The Labute approximate surface area is 117 Å². The van der Waals surface area contributed by atoms with Gasteiger partial charge in [0.15, 0.2) is 0 Å². The van der Waals surface area contributed by atoms with Crippen LogP contribution in [0.4, 0.5) is 0 Å². The first-order chi connectivity index (χ1) is 9.37. The molecule has 1 aromatic heterocycles. The van der Waals surface area contributed by atoms with Crippen LogP contribution >= 0.6 is 0 Å². The van der Waals surface area contributed by atoms with Crippen molar-refractivity contribution in [2.24, 2.45) is 11.1 Å². The lowest BCUT2D eigenvalue weighted by molar-refractivity contribution is -0.128. The molecular weight excluding hydrogens is 282 g/mol. The van der Waals surface area contributed by atoms with Gasteiger partial charge in [0.25, 0.3) is 0 Å². The van der Waals surface area contributed by atoms with Crippen molar-refractivity contribution in [3.8, 4) is 5.88 Å². The van der Waals surface area contributed by atoms with E-state index in [0.29, 0.717) is 19.0 Å². The molecule has 1 saturated heterocycles. The fraction of sp³-hybridized carbons (Fsp3) is 0.500. The maximum absolute atomic E-state index is 11.9. The van der Waals surface area contributed by atoms with Crippen molar-refractivity contribution in [1.29, 1.82) is 0 Å². The molecule has 1 atom stereocenters. The zero-order valence-electron chi connectivity index (χ0n) is 11.2. The number of carbonyl (C=O) groups excluding carboxylic acids is 1. The van der Waals surface area contributed by atoms with Crippen molar-refractivity contribution >= 4 is 15.9 Å². The molecule has 2 heterocycles. The monoisotopic (exact) mass is 299 g/mol. The second-order valence-electron chi connectivity index (χ2n) is 4.88. The zero-order valence-corrected chi connectivity index (χ0v) is 12.0. The summed E-state index contributed by atoms with van der Waals surface area (Å²) in [6.07, 6.45) is 1.83. The second-order valence-corrected chi connectivity index (χ2v) is 6.54. The first kappa shape index (κ1) is 14.7. The van der Waals surface area contributed by atoms with E-state index in [-0.39, 0.29) is 24.0 Å². The van der Waals surface area contributed by atoms with E-state index in [2.05, 4.69) is 4.98 Å². The van der Waals surface area contributed by atoms with Crippen molar-refractivity contribution in [2.45, 2.75) is 13.0 Å². The third kappa shape index (κ3) is 3.91.